The van der Waals surface area contributed by atoms with Crippen LogP contribution in [0.3, 0.4) is 0 Å². The van der Waals surface area contributed by atoms with Crippen LogP contribution in [0.5, 0.6) is 5.75 Å². The number of aromatic nitrogens is 4. The molecule has 0 saturated heterocycles. The van der Waals surface area contributed by atoms with Gasteiger partial charge in [0.2, 0.25) is 5.16 Å². The largest absolute Gasteiger partial charge is 0.497 e. The lowest BCUT2D eigenvalue weighted by atomic mass is 10.2. The number of benzene rings is 1. The summed E-state index contributed by atoms with van der Waals surface area (Å²) in [6.07, 6.45) is -0.371. The van der Waals surface area contributed by atoms with Gasteiger partial charge in [-0.1, -0.05) is 23.9 Å². The van der Waals surface area contributed by atoms with Crippen molar-refractivity contribution in [3.8, 4) is 5.75 Å². The van der Waals surface area contributed by atoms with Crippen molar-refractivity contribution in [2.45, 2.75) is 23.7 Å². The van der Waals surface area contributed by atoms with Gasteiger partial charge in [0.15, 0.2) is 6.29 Å². The minimum Gasteiger partial charge on any atom is -0.497 e. The normalized spacial score (nSPS) is 11.0. The molecule has 0 aliphatic heterocycles. The molecule has 21 heavy (non-hydrogen) atoms. The zero-order chi connectivity index (χ0) is 15.1. The SMILES string of the molecule is COc1cccc(CSc2nnnn2CC(OC)OC)c1. The van der Waals surface area contributed by atoms with E-state index in [2.05, 4.69) is 15.5 Å². The van der Waals surface area contributed by atoms with Crippen molar-refractivity contribution in [3.63, 3.8) is 0 Å². The molecule has 1 heterocycles. The van der Waals surface area contributed by atoms with E-state index in [0.29, 0.717) is 6.54 Å². The molecule has 0 N–H and O–H groups in total. The number of nitrogens with zero attached hydrogens (tertiary/aromatic N) is 4. The van der Waals surface area contributed by atoms with Gasteiger partial charge in [0.05, 0.1) is 13.7 Å². The first-order valence-electron chi connectivity index (χ1n) is 6.34. The van der Waals surface area contributed by atoms with E-state index in [-0.39, 0.29) is 6.29 Å². The minimum absolute atomic E-state index is 0.371. The highest BCUT2D eigenvalue weighted by Crippen LogP contribution is 2.22. The van der Waals surface area contributed by atoms with Crippen molar-refractivity contribution in [3.05, 3.63) is 29.8 Å². The average Bonchev–Trinajstić information content (AvgIpc) is 2.98. The van der Waals surface area contributed by atoms with Crippen molar-refractivity contribution in [1.82, 2.24) is 20.2 Å². The predicted octanol–water partition coefficient (Wildman–Crippen LogP) is 1.59. The lowest BCUT2D eigenvalue weighted by molar-refractivity contribution is -0.113. The Morgan fingerprint density at radius 2 is 2.05 bits per heavy atom. The standard InChI is InChI=1S/C13H18N4O3S/c1-18-11-6-4-5-10(7-11)9-21-13-14-15-16-17(13)8-12(19-2)20-3/h4-7,12H,8-9H2,1-3H3. The maximum Gasteiger partial charge on any atom is 0.209 e. The molecule has 0 aliphatic carbocycles. The molecule has 0 unspecified atom stereocenters. The lowest BCUT2D eigenvalue weighted by Gasteiger charge is -2.13. The van der Waals surface area contributed by atoms with Gasteiger partial charge in [0.1, 0.15) is 5.75 Å². The molecule has 0 atom stereocenters. The van der Waals surface area contributed by atoms with E-state index >= 15 is 0 Å². The van der Waals surface area contributed by atoms with Gasteiger partial charge in [0, 0.05) is 20.0 Å². The van der Waals surface area contributed by atoms with Crippen molar-refractivity contribution < 1.29 is 14.2 Å². The first-order chi connectivity index (χ1) is 10.3. The monoisotopic (exact) mass is 310 g/mol. The van der Waals surface area contributed by atoms with E-state index in [9.17, 15) is 0 Å². The highest BCUT2D eigenvalue weighted by molar-refractivity contribution is 7.98. The highest BCUT2D eigenvalue weighted by Gasteiger charge is 2.13. The Morgan fingerprint density at radius 1 is 1.24 bits per heavy atom. The fourth-order valence-corrected chi connectivity index (χ4v) is 2.54. The predicted molar refractivity (Wildman–Crippen MR) is 78.2 cm³/mol. The Kier molecular flexibility index (Phi) is 5.97. The summed E-state index contributed by atoms with van der Waals surface area (Å²) in [5.41, 5.74) is 1.14. The van der Waals surface area contributed by atoms with Gasteiger partial charge in [-0.15, -0.1) is 5.10 Å². The van der Waals surface area contributed by atoms with E-state index < -0.39 is 0 Å². The number of thioether (sulfide) groups is 1. The Morgan fingerprint density at radius 3 is 2.76 bits per heavy atom. The van der Waals surface area contributed by atoms with Crippen molar-refractivity contribution in [1.29, 1.82) is 0 Å². The molecule has 0 spiro atoms. The molecular weight excluding hydrogens is 292 g/mol. The third-order valence-electron chi connectivity index (χ3n) is 2.85. The second-order valence-electron chi connectivity index (χ2n) is 4.18. The molecule has 0 aliphatic rings. The van der Waals surface area contributed by atoms with Gasteiger partial charge >= 0.3 is 0 Å². The van der Waals surface area contributed by atoms with Crippen LogP contribution >= 0.6 is 11.8 Å². The maximum absolute atomic E-state index is 5.21. The molecule has 2 aromatic rings. The smallest absolute Gasteiger partial charge is 0.209 e. The van der Waals surface area contributed by atoms with Crippen LogP contribution in [-0.2, 0) is 21.8 Å². The van der Waals surface area contributed by atoms with Gasteiger partial charge in [-0.25, -0.2) is 4.68 Å². The second-order valence-corrected chi connectivity index (χ2v) is 5.13. The second kappa shape index (κ2) is 7.96. The van der Waals surface area contributed by atoms with E-state index in [1.54, 1.807) is 37.8 Å². The molecule has 0 saturated carbocycles. The molecular formula is C13H18N4O3S. The van der Waals surface area contributed by atoms with E-state index in [1.165, 1.54) is 0 Å². The summed E-state index contributed by atoms with van der Waals surface area (Å²) in [7, 11) is 4.83. The van der Waals surface area contributed by atoms with Crippen LogP contribution in [0.4, 0.5) is 0 Å². The van der Waals surface area contributed by atoms with Crippen LogP contribution in [0.15, 0.2) is 29.4 Å². The summed E-state index contributed by atoms with van der Waals surface area (Å²) in [4.78, 5) is 0. The number of hydrogen-bond acceptors (Lipinski definition) is 7. The Balaban J connectivity index is 1.98. The van der Waals surface area contributed by atoms with Crippen LogP contribution in [0.1, 0.15) is 5.56 Å². The van der Waals surface area contributed by atoms with Crippen LogP contribution in [0.25, 0.3) is 0 Å². The third-order valence-corrected chi connectivity index (χ3v) is 3.88. The van der Waals surface area contributed by atoms with E-state index in [4.69, 9.17) is 14.2 Å². The summed E-state index contributed by atoms with van der Waals surface area (Å²) in [5.74, 6) is 1.59. The van der Waals surface area contributed by atoms with Gasteiger partial charge in [-0.2, -0.15) is 0 Å². The summed E-state index contributed by atoms with van der Waals surface area (Å²) < 4.78 is 17.2. The molecule has 7 nitrogen and oxygen atoms in total. The number of hydrogen-bond donors (Lipinski definition) is 0. The number of methoxy groups -OCH3 is 3. The molecule has 0 bridgehead atoms. The topological polar surface area (TPSA) is 71.3 Å². The quantitative estimate of drug-likeness (QED) is 0.541. The molecule has 114 valence electrons. The zero-order valence-electron chi connectivity index (χ0n) is 12.2. The average molecular weight is 310 g/mol. The van der Waals surface area contributed by atoms with Crippen LogP contribution < -0.4 is 4.74 Å². The molecule has 1 aromatic heterocycles. The Bertz CT molecular complexity index is 560. The fourth-order valence-electron chi connectivity index (χ4n) is 1.71. The first kappa shape index (κ1) is 15.7. The zero-order valence-corrected chi connectivity index (χ0v) is 13.0. The molecule has 0 amide bonds. The molecule has 1 aromatic carbocycles. The minimum atomic E-state index is -0.371. The summed E-state index contributed by atoms with van der Waals surface area (Å²) in [5, 5.41) is 12.4. The Labute approximate surface area is 127 Å². The fraction of sp³-hybridized carbons (Fsp3) is 0.462. The maximum atomic E-state index is 5.21. The van der Waals surface area contributed by atoms with Crippen LogP contribution in [0.2, 0.25) is 0 Å². The highest BCUT2D eigenvalue weighted by atomic mass is 32.2. The first-order valence-corrected chi connectivity index (χ1v) is 7.33. The lowest BCUT2D eigenvalue weighted by Crippen LogP contribution is -2.21. The summed E-state index contributed by atoms with van der Waals surface area (Å²) >= 11 is 1.55. The van der Waals surface area contributed by atoms with Crippen molar-refractivity contribution in [2.75, 3.05) is 21.3 Å². The number of tetrazole rings is 1. The number of rotatable bonds is 8. The third kappa shape index (κ3) is 4.42. The van der Waals surface area contributed by atoms with Gasteiger partial charge in [-0.3, -0.25) is 0 Å². The number of ether oxygens (including phenoxy) is 3. The summed E-state index contributed by atoms with van der Waals surface area (Å²) in [6.45, 7) is 0.445. The molecule has 0 fully saturated rings. The van der Waals surface area contributed by atoms with Gasteiger partial charge in [-0.05, 0) is 28.1 Å². The van der Waals surface area contributed by atoms with E-state index in [1.807, 2.05) is 24.3 Å². The summed E-state index contributed by atoms with van der Waals surface area (Å²) in [6, 6.07) is 7.91. The van der Waals surface area contributed by atoms with Crippen LogP contribution in [-0.4, -0.2) is 47.8 Å². The molecule has 0 radical (unpaired) electrons. The Hall–Kier alpha value is -1.64. The van der Waals surface area contributed by atoms with Crippen LogP contribution in [0, 0.1) is 0 Å². The van der Waals surface area contributed by atoms with Gasteiger partial charge < -0.3 is 14.2 Å². The van der Waals surface area contributed by atoms with Gasteiger partial charge in [0.25, 0.3) is 0 Å². The molecule has 2 rings (SSSR count). The molecule has 8 heteroatoms. The van der Waals surface area contributed by atoms with E-state index in [0.717, 1.165) is 22.2 Å². The van der Waals surface area contributed by atoms with Crippen molar-refractivity contribution in [2.24, 2.45) is 0 Å². The van der Waals surface area contributed by atoms with Crippen molar-refractivity contribution >= 4 is 11.8 Å².